The van der Waals surface area contributed by atoms with Crippen molar-refractivity contribution in [3.05, 3.63) is 39.8 Å². The van der Waals surface area contributed by atoms with Crippen LogP contribution in [-0.2, 0) is 6.54 Å². The van der Waals surface area contributed by atoms with E-state index in [1.54, 1.807) is 18.4 Å². The molecule has 0 saturated carbocycles. The number of nitrogens with one attached hydrogen (secondary N) is 2. The molecule has 2 N–H and O–H groups in total. The van der Waals surface area contributed by atoms with Crippen LogP contribution in [-0.4, -0.2) is 36.9 Å². The molecule has 1 atom stereocenters. The minimum Gasteiger partial charge on any atom is -0.496 e. The Morgan fingerprint density at radius 1 is 1.29 bits per heavy atom. The van der Waals surface area contributed by atoms with Gasteiger partial charge in [-0.2, -0.15) is 0 Å². The van der Waals surface area contributed by atoms with Gasteiger partial charge in [0.05, 0.1) is 19.3 Å². The van der Waals surface area contributed by atoms with Gasteiger partial charge in [-0.05, 0) is 38.8 Å². The third-order valence-electron chi connectivity index (χ3n) is 4.00. The Balaban J connectivity index is 0.00000392. The molecule has 28 heavy (non-hydrogen) atoms. The second-order valence-corrected chi connectivity index (χ2v) is 8.74. The first-order valence-corrected chi connectivity index (χ1v) is 11.0. The molecule has 0 aliphatic heterocycles. The van der Waals surface area contributed by atoms with E-state index in [1.165, 1.54) is 9.77 Å². The van der Waals surface area contributed by atoms with Gasteiger partial charge in [0.25, 0.3) is 0 Å². The summed E-state index contributed by atoms with van der Waals surface area (Å²) in [6.45, 7) is 10.8. The fraction of sp³-hybridized carbons (Fsp3) is 0.500. The lowest BCUT2D eigenvalue weighted by atomic mass is 10.2. The van der Waals surface area contributed by atoms with Crippen LogP contribution in [0.25, 0.3) is 0 Å². The van der Waals surface area contributed by atoms with Gasteiger partial charge < -0.3 is 15.4 Å². The number of hydrogen-bond donors (Lipinski definition) is 2. The summed E-state index contributed by atoms with van der Waals surface area (Å²) in [5.74, 6) is 3.29. The summed E-state index contributed by atoms with van der Waals surface area (Å²) < 4.78 is 5.42. The van der Waals surface area contributed by atoms with Crippen LogP contribution in [0.3, 0.4) is 0 Å². The maximum Gasteiger partial charge on any atom is 0.191 e. The number of thiazole rings is 1. The van der Waals surface area contributed by atoms with Crippen molar-refractivity contribution in [2.24, 2.45) is 10.9 Å². The van der Waals surface area contributed by atoms with Crippen LogP contribution in [0.4, 0.5) is 0 Å². The summed E-state index contributed by atoms with van der Waals surface area (Å²) in [6.07, 6.45) is 0. The van der Waals surface area contributed by atoms with Gasteiger partial charge >= 0.3 is 0 Å². The summed E-state index contributed by atoms with van der Waals surface area (Å²) in [5.41, 5.74) is 1.10. The number of rotatable bonds is 9. The van der Waals surface area contributed by atoms with Crippen molar-refractivity contribution in [3.8, 4) is 5.75 Å². The van der Waals surface area contributed by atoms with Crippen LogP contribution in [0, 0.1) is 19.8 Å². The van der Waals surface area contributed by atoms with Crippen LogP contribution in [0.5, 0.6) is 5.75 Å². The number of ether oxygens (including phenoxy) is 1. The highest BCUT2D eigenvalue weighted by atomic mass is 127. The van der Waals surface area contributed by atoms with E-state index in [-0.39, 0.29) is 24.0 Å². The molecule has 0 aliphatic rings. The molecule has 2 aromatic rings. The van der Waals surface area contributed by atoms with Gasteiger partial charge in [0.1, 0.15) is 10.8 Å². The molecule has 1 aromatic carbocycles. The van der Waals surface area contributed by atoms with Crippen molar-refractivity contribution in [2.45, 2.75) is 39.1 Å². The van der Waals surface area contributed by atoms with Crippen LogP contribution >= 0.6 is 47.1 Å². The number of methoxy groups -OCH3 is 1. The lowest BCUT2D eigenvalue weighted by Crippen LogP contribution is -2.39. The molecule has 1 aromatic heterocycles. The van der Waals surface area contributed by atoms with E-state index in [0.717, 1.165) is 41.3 Å². The lowest BCUT2D eigenvalue weighted by Gasteiger charge is -2.16. The van der Waals surface area contributed by atoms with E-state index in [2.05, 4.69) is 47.4 Å². The third kappa shape index (κ3) is 8.16. The largest absolute Gasteiger partial charge is 0.496 e. The zero-order chi connectivity index (χ0) is 19.6. The fourth-order valence-corrected chi connectivity index (χ4v) is 4.30. The van der Waals surface area contributed by atoms with Crippen molar-refractivity contribution in [1.29, 1.82) is 0 Å². The Labute approximate surface area is 194 Å². The van der Waals surface area contributed by atoms with E-state index < -0.39 is 0 Å². The number of nitrogens with zero attached hydrogens (tertiary/aromatic N) is 2. The molecule has 1 heterocycles. The van der Waals surface area contributed by atoms with Gasteiger partial charge in [-0.15, -0.1) is 47.1 Å². The summed E-state index contributed by atoms with van der Waals surface area (Å²) in [6, 6.07) is 8.15. The summed E-state index contributed by atoms with van der Waals surface area (Å²) in [7, 11) is 1.72. The molecule has 0 radical (unpaired) electrons. The first kappa shape index (κ1) is 25.0. The Morgan fingerprint density at radius 3 is 2.68 bits per heavy atom. The van der Waals surface area contributed by atoms with Gasteiger partial charge in [-0.25, -0.2) is 9.98 Å². The number of thioether (sulfide) groups is 1. The molecule has 0 fully saturated rings. The van der Waals surface area contributed by atoms with E-state index in [1.807, 2.05) is 36.9 Å². The van der Waals surface area contributed by atoms with Crippen molar-refractivity contribution < 1.29 is 4.74 Å². The smallest absolute Gasteiger partial charge is 0.191 e. The number of guanidine groups is 1. The first-order chi connectivity index (χ1) is 13.0. The molecular weight excluding hydrogens is 503 g/mol. The average molecular weight is 535 g/mol. The van der Waals surface area contributed by atoms with E-state index in [9.17, 15) is 0 Å². The number of halogens is 1. The molecule has 0 aliphatic carbocycles. The molecular formula is C20H31IN4OS2. The highest BCUT2D eigenvalue weighted by molar-refractivity contribution is 14.0. The lowest BCUT2D eigenvalue weighted by molar-refractivity contribution is 0.405. The van der Waals surface area contributed by atoms with Gasteiger partial charge in [-0.3, -0.25) is 0 Å². The van der Waals surface area contributed by atoms with Crippen molar-refractivity contribution in [3.63, 3.8) is 0 Å². The molecule has 2 rings (SSSR count). The first-order valence-electron chi connectivity index (χ1n) is 9.24. The van der Waals surface area contributed by atoms with Crippen molar-refractivity contribution in [2.75, 3.05) is 26.0 Å². The highest BCUT2D eigenvalue weighted by Crippen LogP contribution is 2.29. The molecule has 0 spiro atoms. The van der Waals surface area contributed by atoms with Crippen LogP contribution in [0.1, 0.15) is 29.4 Å². The number of aromatic nitrogens is 1. The predicted octanol–water partition coefficient (Wildman–Crippen LogP) is 4.87. The quantitative estimate of drug-likeness (QED) is 0.208. The monoisotopic (exact) mass is 534 g/mol. The van der Waals surface area contributed by atoms with Gasteiger partial charge in [0.2, 0.25) is 0 Å². The number of para-hydroxylation sites is 1. The molecule has 0 amide bonds. The second kappa shape index (κ2) is 13.3. The van der Waals surface area contributed by atoms with Gasteiger partial charge in [0, 0.05) is 28.6 Å². The maximum atomic E-state index is 5.42. The standard InChI is InChI=1S/C20H30N4OS2.HI/c1-6-21-20(23-12-19-24-15(3)16(4)27-19)22-11-14(2)13-26-18-10-8-7-9-17(18)25-5;/h7-10,14H,6,11-13H2,1-5H3,(H2,21,22,23);1H. The maximum absolute atomic E-state index is 5.42. The molecule has 5 nitrogen and oxygen atoms in total. The van der Waals surface area contributed by atoms with Crippen LogP contribution in [0.15, 0.2) is 34.2 Å². The van der Waals surface area contributed by atoms with Crippen molar-refractivity contribution >= 4 is 53.0 Å². The Hall–Kier alpha value is -1.000. The van der Waals surface area contributed by atoms with E-state index in [4.69, 9.17) is 4.74 Å². The number of aliphatic imine (C=N–C) groups is 1. The summed E-state index contributed by atoms with van der Waals surface area (Å²) >= 11 is 3.54. The summed E-state index contributed by atoms with van der Waals surface area (Å²) in [4.78, 5) is 11.7. The molecule has 0 bridgehead atoms. The topological polar surface area (TPSA) is 58.5 Å². The minimum atomic E-state index is 0. The molecule has 8 heteroatoms. The zero-order valence-electron chi connectivity index (χ0n) is 17.2. The number of benzene rings is 1. The normalized spacial score (nSPS) is 12.2. The third-order valence-corrected chi connectivity index (χ3v) is 6.44. The van der Waals surface area contributed by atoms with Gasteiger partial charge in [-0.1, -0.05) is 19.1 Å². The highest BCUT2D eigenvalue weighted by Gasteiger charge is 2.08. The second-order valence-electron chi connectivity index (χ2n) is 6.39. The number of hydrogen-bond acceptors (Lipinski definition) is 5. The fourth-order valence-electron chi connectivity index (χ4n) is 2.40. The van der Waals surface area contributed by atoms with E-state index in [0.29, 0.717) is 12.5 Å². The Kier molecular flexibility index (Phi) is 11.9. The average Bonchev–Trinajstić information content (AvgIpc) is 3.00. The zero-order valence-corrected chi connectivity index (χ0v) is 21.2. The Bertz CT molecular complexity index is 732. The van der Waals surface area contributed by atoms with Crippen LogP contribution in [0.2, 0.25) is 0 Å². The van der Waals surface area contributed by atoms with E-state index >= 15 is 0 Å². The van der Waals surface area contributed by atoms with Crippen LogP contribution < -0.4 is 15.4 Å². The SMILES string of the molecule is CCNC(=NCc1nc(C)c(C)s1)NCC(C)CSc1ccccc1OC.I. The minimum absolute atomic E-state index is 0. The Morgan fingerprint density at radius 2 is 2.04 bits per heavy atom. The molecule has 0 saturated heterocycles. The molecule has 156 valence electrons. The van der Waals surface area contributed by atoms with Gasteiger partial charge in [0.15, 0.2) is 5.96 Å². The number of aryl methyl sites for hydroxylation is 2. The molecule has 1 unspecified atom stereocenters. The predicted molar refractivity (Wildman–Crippen MR) is 133 cm³/mol. The summed E-state index contributed by atoms with van der Waals surface area (Å²) in [5, 5.41) is 7.82. The van der Waals surface area contributed by atoms with Crippen molar-refractivity contribution in [1.82, 2.24) is 15.6 Å².